The molecule has 2 aromatic carbocycles. The third-order valence-electron chi connectivity index (χ3n) is 4.17. The first kappa shape index (κ1) is 21.5. The summed E-state index contributed by atoms with van der Waals surface area (Å²) in [7, 11) is 1.83. The zero-order valence-corrected chi connectivity index (χ0v) is 18.5. The van der Waals surface area contributed by atoms with Gasteiger partial charge >= 0.3 is 0 Å². The topological polar surface area (TPSA) is 69.0 Å². The maximum atomic E-state index is 12.3. The van der Waals surface area contributed by atoms with Crippen LogP contribution in [0, 0.1) is 13.8 Å². The molecule has 0 aliphatic rings. The number of benzene rings is 2. The van der Waals surface area contributed by atoms with E-state index in [1.54, 1.807) is 22.8 Å². The summed E-state index contributed by atoms with van der Waals surface area (Å²) in [6, 6.07) is 11.0. The fraction of sp³-hybridized carbons (Fsp3) is 0.250. The normalized spacial score (nSPS) is 10.8. The Morgan fingerprint density at radius 2 is 1.97 bits per heavy atom. The molecule has 0 aliphatic heterocycles. The molecule has 0 saturated carbocycles. The monoisotopic (exact) mass is 450 g/mol. The molecule has 1 amide bonds. The number of anilines is 1. The molecule has 0 saturated heterocycles. The van der Waals surface area contributed by atoms with E-state index in [4.69, 9.17) is 27.9 Å². The van der Waals surface area contributed by atoms with Crippen LogP contribution in [-0.2, 0) is 18.4 Å². The number of ether oxygens (including phenoxy) is 1. The second kappa shape index (κ2) is 9.52. The molecule has 0 radical (unpaired) electrons. The molecule has 3 rings (SSSR count). The molecule has 152 valence electrons. The Balaban J connectivity index is 1.57. The van der Waals surface area contributed by atoms with Crippen molar-refractivity contribution in [2.75, 3.05) is 11.1 Å². The average molecular weight is 451 g/mol. The molecular weight excluding hydrogens is 431 g/mol. The first-order valence-corrected chi connectivity index (χ1v) is 10.5. The highest BCUT2D eigenvalue weighted by molar-refractivity contribution is 7.99. The van der Waals surface area contributed by atoms with Gasteiger partial charge in [0.15, 0.2) is 11.0 Å². The van der Waals surface area contributed by atoms with Crippen molar-refractivity contribution in [3.05, 3.63) is 63.4 Å². The quantitative estimate of drug-likeness (QED) is 0.510. The SMILES string of the molecule is Cc1ccc(Cl)c(OCc2nnc(SCC(=O)Nc3cc(Cl)ccc3C)n2C)c1. The molecule has 0 aliphatic carbocycles. The molecule has 0 unspecified atom stereocenters. The van der Waals surface area contributed by atoms with Crippen LogP contribution in [0.5, 0.6) is 5.75 Å². The van der Waals surface area contributed by atoms with Crippen LogP contribution in [-0.4, -0.2) is 26.4 Å². The summed E-state index contributed by atoms with van der Waals surface area (Å²) in [5.41, 5.74) is 2.70. The van der Waals surface area contributed by atoms with E-state index in [9.17, 15) is 4.79 Å². The number of aryl methyl sites for hydroxylation is 2. The third kappa shape index (κ3) is 5.65. The van der Waals surface area contributed by atoms with Gasteiger partial charge in [-0.1, -0.05) is 47.1 Å². The Morgan fingerprint density at radius 1 is 1.17 bits per heavy atom. The molecule has 1 N–H and O–H groups in total. The third-order valence-corrected chi connectivity index (χ3v) is 5.74. The van der Waals surface area contributed by atoms with Crippen molar-refractivity contribution in [2.24, 2.45) is 7.05 Å². The Kier molecular flexibility index (Phi) is 7.05. The number of nitrogens with zero attached hydrogens (tertiary/aromatic N) is 3. The first-order chi connectivity index (χ1) is 13.8. The van der Waals surface area contributed by atoms with Crippen molar-refractivity contribution in [3.8, 4) is 5.75 Å². The number of aromatic nitrogens is 3. The maximum Gasteiger partial charge on any atom is 0.234 e. The van der Waals surface area contributed by atoms with E-state index in [0.717, 1.165) is 11.1 Å². The molecule has 29 heavy (non-hydrogen) atoms. The van der Waals surface area contributed by atoms with E-state index in [1.807, 2.05) is 39.1 Å². The van der Waals surface area contributed by atoms with Crippen LogP contribution in [0.1, 0.15) is 17.0 Å². The lowest BCUT2D eigenvalue weighted by Gasteiger charge is -2.09. The van der Waals surface area contributed by atoms with Gasteiger partial charge in [0, 0.05) is 17.8 Å². The fourth-order valence-electron chi connectivity index (χ4n) is 2.51. The summed E-state index contributed by atoms with van der Waals surface area (Å²) in [5.74, 6) is 1.28. The Morgan fingerprint density at radius 3 is 2.76 bits per heavy atom. The predicted octanol–water partition coefficient (Wildman–Crippen LogP) is 5.05. The van der Waals surface area contributed by atoms with Gasteiger partial charge in [0.1, 0.15) is 12.4 Å². The number of nitrogens with one attached hydrogen (secondary N) is 1. The number of thioether (sulfide) groups is 1. The summed E-state index contributed by atoms with van der Waals surface area (Å²) in [4.78, 5) is 12.3. The van der Waals surface area contributed by atoms with Crippen LogP contribution >= 0.6 is 35.0 Å². The molecule has 3 aromatic rings. The van der Waals surface area contributed by atoms with Gasteiger partial charge in [0.2, 0.25) is 5.91 Å². The summed E-state index contributed by atoms with van der Waals surface area (Å²) >= 11 is 13.4. The summed E-state index contributed by atoms with van der Waals surface area (Å²) in [5, 5.41) is 12.9. The number of halogens is 2. The van der Waals surface area contributed by atoms with Crippen molar-refractivity contribution in [1.82, 2.24) is 14.8 Å². The lowest BCUT2D eigenvalue weighted by molar-refractivity contribution is -0.113. The highest BCUT2D eigenvalue weighted by Crippen LogP contribution is 2.26. The van der Waals surface area contributed by atoms with Gasteiger partial charge in [0.25, 0.3) is 0 Å². The molecular formula is C20H20Cl2N4O2S. The van der Waals surface area contributed by atoms with Crippen LogP contribution < -0.4 is 10.1 Å². The van der Waals surface area contributed by atoms with E-state index < -0.39 is 0 Å². The van der Waals surface area contributed by atoms with E-state index in [-0.39, 0.29) is 18.3 Å². The van der Waals surface area contributed by atoms with E-state index in [0.29, 0.717) is 32.5 Å². The lowest BCUT2D eigenvalue weighted by atomic mass is 10.2. The summed E-state index contributed by atoms with van der Waals surface area (Å²) < 4.78 is 7.57. The molecule has 0 atom stereocenters. The van der Waals surface area contributed by atoms with Gasteiger partial charge in [0.05, 0.1) is 10.8 Å². The lowest BCUT2D eigenvalue weighted by Crippen LogP contribution is -2.15. The molecule has 1 heterocycles. The molecule has 0 spiro atoms. The molecule has 1 aromatic heterocycles. The van der Waals surface area contributed by atoms with Crippen molar-refractivity contribution in [1.29, 1.82) is 0 Å². The van der Waals surface area contributed by atoms with Gasteiger partial charge in [-0.3, -0.25) is 4.79 Å². The minimum absolute atomic E-state index is 0.146. The Bertz CT molecular complexity index is 1040. The number of carbonyl (C=O) groups excluding carboxylic acids is 1. The largest absolute Gasteiger partial charge is 0.484 e. The molecule has 6 nitrogen and oxygen atoms in total. The average Bonchev–Trinajstić information content (AvgIpc) is 3.03. The van der Waals surface area contributed by atoms with Crippen molar-refractivity contribution < 1.29 is 9.53 Å². The zero-order chi connectivity index (χ0) is 21.0. The molecule has 0 bridgehead atoms. The molecule has 9 heteroatoms. The van der Waals surface area contributed by atoms with Gasteiger partial charge in [-0.25, -0.2) is 0 Å². The highest BCUT2D eigenvalue weighted by Gasteiger charge is 2.13. The second-order valence-electron chi connectivity index (χ2n) is 6.48. The maximum absolute atomic E-state index is 12.3. The van der Waals surface area contributed by atoms with E-state index in [2.05, 4.69) is 15.5 Å². The van der Waals surface area contributed by atoms with Crippen molar-refractivity contribution in [2.45, 2.75) is 25.6 Å². The summed E-state index contributed by atoms with van der Waals surface area (Å²) in [6.07, 6.45) is 0. The highest BCUT2D eigenvalue weighted by atomic mass is 35.5. The van der Waals surface area contributed by atoms with Crippen molar-refractivity contribution in [3.63, 3.8) is 0 Å². The van der Waals surface area contributed by atoms with Crippen molar-refractivity contribution >= 4 is 46.6 Å². The molecule has 0 fully saturated rings. The number of carbonyl (C=O) groups is 1. The number of rotatable bonds is 7. The van der Waals surface area contributed by atoms with Crippen LogP contribution in [0.25, 0.3) is 0 Å². The van der Waals surface area contributed by atoms with Gasteiger partial charge < -0.3 is 14.6 Å². The Labute approximate surface area is 183 Å². The fourth-order valence-corrected chi connectivity index (χ4v) is 3.58. The van der Waals surface area contributed by atoms with Crippen LogP contribution in [0.15, 0.2) is 41.6 Å². The van der Waals surface area contributed by atoms with Gasteiger partial charge in [-0.2, -0.15) is 0 Å². The minimum atomic E-state index is -0.146. The Hall–Kier alpha value is -2.22. The summed E-state index contributed by atoms with van der Waals surface area (Å²) in [6.45, 7) is 4.10. The van der Waals surface area contributed by atoms with Gasteiger partial charge in [-0.15, -0.1) is 10.2 Å². The zero-order valence-electron chi connectivity index (χ0n) is 16.2. The predicted molar refractivity (Wildman–Crippen MR) is 117 cm³/mol. The van der Waals surface area contributed by atoms with Crippen LogP contribution in [0.4, 0.5) is 5.69 Å². The smallest absolute Gasteiger partial charge is 0.234 e. The number of hydrogen-bond donors (Lipinski definition) is 1. The standard InChI is InChI=1S/C20H20Cl2N4O2S/c1-12-4-7-15(22)17(8-12)28-10-18-24-25-20(26(18)3)29-11-19(27)23-16-9-14(21)6-5-13(16)2/h4-9H,10-11H2,1-3H3,(H,23,27). The second-order valence-corrected chi connectivity index (χ2v) is 8.26. The van der Waals surface area contributed by atoms with E-state index >= 15 is 0 Å². The van der Waals surface area contributed by atoms with Crippen LogP contribution in [0.2, 0.25) is 10.0 Å². The van der Waals surface area contributed by atoms with Gasteiger partial charge in [-0.05, 0) is 49.2 Å². The first-order valence-electron chi connectivity index (χ1n) is 8.79. The van der Waals surface area contributed by atoms with E-state index in [1.165, 1.54) is 11.8 Å². The minimum Gasteiger partial charge on any atom is -0.484 e. The van der Waals surface area contributed by atoms with Crippen LogP contribution in [0.3, 0.4) is 0 Å². The number of hydrogen-bond acceptors (Lipinski definition) is 5. The number of amides is 1.